The molecule has 160 valence electrons. The van der Waals surface area contributed by atoms with Gasteiger partial charge in [0, 0.05) is 0 Å². The lowest BCUT2D eigenvalue weighted by molar-refractivity contribution is 0.114. The summed E-state index contributed by atoms with van der Waals surface area (Å²) >= 11 is 0. The minimum atomic E-state index is -0.0354. The molecular formula is C28H35FO. The van der Waals surface area contributed by atoms with Gasteiger partial charge in [0.2, 0.25) is 0 Å². The standard InChI is InChI=1S/C28H35FO/c1-3-4-5-6-20-7-8-23-18-25(10-9-22(23)17-20)27-16-13-24(19-28(27)29)21-11-14-26(30-2)15-12-21/h3-4,11-16,19-20,22-23,25H,5-10,17-18H2,1-2H3/b4-3+. The fourth-order valence-corrected chi connectivity index (χ4v) is 5.85. The first-order chi connectivity index (χ1) is 14.7. The number of methoxy groups -OCH3 is 1. The third-order valence-corrected chi connectivity index (χ3v) is 7.56. The molecule has 0 aromatic heterocycles. The van der Waals surface area contributed by atoms with Crippen molar-refractivity contribution in [2.75, 3.05) is 7.11 Å². The molecule has 0 amide bonds. The molecule has 0 spiro atoms. The number of rotatable bonds is 6. The van der Waals surface area contributed by atoms with E-state index in [-0.39, 0.29) is 5.82 Å². The third kappa shape index (κ3) is 4.79. The monoisotopic (exact) mass is 406 g/mol. The Bertz CT molecular complexity index is 853. The van der Waals surface area contributed by atoms with Crippen molar-refractivity contribution in [3.05, 3.63) is 66.0 Å². The van der Waals surface area contributed by atoms with E-state index in [4.69, 9.17) is 4.74 Å². The molecule has 2 aromatic rings. The summed E-state index contributed by atoms with van der Waals surface area (Å²) < 4.78 is 20.3. The Balaban J connectivity index is 1.39. The van der Waals surface area contributed by atoms with Crippen molar-refractivity contribution in [1.82, 2.24) is 0 Å². The van der Waals surface area contributed by atoms with Gasteiger partial charge in [-0.2, -0.15) is 0 Å². The van der Waals surface area contributed by atoms with Gasteiger partial charge < -0.3 is 4.74 Å². The van der Waals surface area contributed by atoms with Crippen LogP contribution in [0.4, 0.5) is 4.39 Å². The van der Waals surface area contributed by atoms with E-state index in [1.165, 1.54) is 44.9 Å². The quantitative estimate of drug-likeness (QED) is 0.440. The number of hydrogen-bond donors (Lipinski definition) is 0. The largest absolute Gasteiger partial charge is 0.497 e. The number of hydrogen-bond acceptors (Lipinski definition) is 1. The number of allylic oxidation sites excluding steroid dienone is 2. The second-order valence-corrected chi connectivity index (χ2v) is 9.32. The van der Waals surface area contributed by atoms with Crippen LogP contribution < -0.4 is 4.74 Å². The second kappa shape index (κ2) is 9.81. The van der Waals surface area contributed by atoms with Crippen molar-refractivity contribution in [3.63, 3.8) is 0 Å². The van der Waals surface area contributed by atoms with Crippen LogP contribution in [0, 0.1) is 23.6 Å². The normalized spacial score (nSPS) is 26.5. The van der Waals surface area contributed by atoms with Crippen LogP contribution in [0.5, 0.6) is 5.75 Å². The zero-order valence-corrected chi connectivity index (χ0v) is 18.4. The van der Waals surface area contributed by atoms with Crippen LogP contribution in [0.15, 0.2) is 54.6 Å². The van der Waals surface area contributed by atoms with Crippen LogP contribution >= 0.6 is 0 Å². The van der Waals surface area contributed by atoms with Crippen molar-refractivity contribution in [2.45, 2.75) is 64.2 Å². The molecule has 2 fully saturated rings. The molecule has 4 rings (SSSR count). The molecule has 4 unspecified atom stereocenters. The van der Waals surface area contributed by atoms with Crippen LogP contribution in [0.1, 0.15) is 69.8 Å². The van der Waals surface area contributed by atoms with E-state index in [0.29, 0.717) is 5.92 Å². The first kappa shape index (κ1) is 21.2. The Labute approximate surface area is 181 Å². The van der Waals surface area contributed by atoms with Crippen LogP contribution in [-0.4, -0.2) is 7.11 Å². The van der Waals surface area contributed by atoms with Crippen molar-refractivity contribution >= 4 is 0 Å². The van der Waals surface area contributed by atoms with E-state index in [1.54, 1.807) is 13.2 Å². The summed E-state index contributed by atoms with van der Waals surface area (Å²) in [6, 6.07) is 13.7. The summed E-state index contributed by atoms with van der Waals surface area (Å²) in [7, 11) is 1.66. The smallest absolute Gasteiger partial charge is 0.127 e. The molecule has 2 saturated carbocycles. The zero-order chi connectivity index (χ0) is 20.9. The van der Waals surface area contributed by atoms with Gasteiger partial charge in [0.05, 0.1) is 7.11 Å². The van der Waals surface area contributed by atoms with E-state index in [0.717, 1.165) is 46.6 Å². The highest BCUT2D eigenvalue weighted by molar-refractivity contribution is 5.64. The van der Waals surface area contributed by atoms with Crippen molar-refractivity contribution in [2.24, 2.45) is 17.8 Å². The van der Waals surface area contributed by atoms with E-state index < -0.39 is 0 Å². The van der Waals surface area contributed by atoms with Gasteiger partial charge in [-0.1, -0.05) is 42.8 Å². The number of halogens is 1. The summed E-state index contributed by atoms with van der Waals surface area (Å²) in [6.07, 6.45) is 14.7. The lowest BCUT2D eigenvalue weighted by Gasteiger charge is -2.42. The SMILES string of the molecule is C/C=C/CCC1CCC2CC(c3ccc(-c4ccc(OC)cc4)cc3F)CCC2C1. The van der Waals surface area contributed by atoms with Gasteiger partial charge in [-0.25, -0.2) is 4.39 Å². The molecule has 0 N–H and O–H groups in total. The highest BCUT2D eigenvalue weighted by Crippen LogP contribution is 2.48. The molecular weight excluding hydrogens is 371 g/mol. The lowest BCUT2D eigenvalue weighted by Crippen LogP contribution is -2.30. The number of fused-ring (bicyclic) bond motifs is 1. The highest BCUT2D eigenvalue weighted by atomic mass is 19.1. The first-order valence-corrected chi connectivity index (χ1v) is 11.7. The maximum Gasteiger partial charge on any atom is 0.127 e. The minimum absolute atomic E-state index is 0.0354. The minimum Gasteiger partial charge on any atom is -0.497 e. The molecule has 0 saturated heterocycles. The molecule has 4 atom stereocenters. The number of benzene rings is 2. The molecule has 0 radical (unpaired) electrons. The molecule has 30 heavy (non-hydrogen) atoms. The maximum absolute atomic E-state index is 15.1. The Hall–Kier alpha value is -2.09. The molecule has 2 heteroatoms. The van der Waals surface area contributed by atoms with Gasteiger partial charge in [-0.3, -0.25) is 0 Å². The van der Waals surface area contributed by atoms with Crippen LogP contribution in [0.3, 0.4) is 0 Å². The number of ether oxygens (including phenoxy) is 1. The summed E-state index contributed by atoms with van der Waals surface area (Å²) in [6.45, 7) is 2.11. The summed E-state index contributed by atoms with van der Waals surface area (Å²) in [5, 5.41) is 0. The van der Waals surface area contributed by atoms with Gasteiger partial charge in [-0.05, 0) is 110 Å². The average molecular weight is 407 g/mol. The molecule has 1 nitrogen and oxygen atoms in total. The predicted molar refractivity (Wildman–Crippen MR) is 123 cm³/mol. The van der Waals surface area contributed by atoms with Crippen molar-refractivity contribution in [3.8, 4) is 16.9 Å². The first-order valence-electron chi connectivity index (χ1n) is 11.7. The Morgan fingerprint density at radius 3 is 2.40 bits per heavy atom. The topological polar surface area (TPSA) is 9.23 Å². The maximum atomic E-state index is 15.1. The lowest BCUT2D eigenvalue weighted by atomic mass is 9.63. The Morgan fingerprint density at radius 1 is 0.933 bits per heavy atom. The van der Waals surface area contributed by atoms with Crippen LogP contribution in [0.2, 0.25) is 0 Å². The van der Waals surface area contributed by atoms with Gasteiger partial charge in [0.25, 0.3) is 0 Å². The van der Waals surface area contributed by atoms with Crippen LogP contribution in [-0.2, 0) is 0 Å². The van der Waals surface area contributed by atoms with E-state index in [1.807, 2.05) is 30.3 Å². The molecule has 0 bridgehead atoms. The molecule has 2 aromatic carbocycles. The third-order valence-electron chi connectivity index (χ3n) is 7.56. The highest BCUT2D eigenvalue weighted by Gasteiger charge is 2.36. The van der Waals surface area contributed by atoms with E-state index in [9.17, 15) is 0 Å². The molecule has 2 aliphatic rings. The summed E-state index contributed by atoms with van der Waals surface area (Å²) in [5.74, 6) is 3.74. The summed E-state index contributed by atoms with van der Waals surface area (Å²) in [5.41, 5.74) is 2.90. The van der Waals surface area contributed by atoms with E-state index >= 15 is 4.39 Å². The van der Waals surface area contributed by atoms with Crippen molar-refractivity contribution < 1.29 is 9.13 Å². The Kier molecular flexibility index (Phi) is 6.92. The van der Waals surface area contributed by atoms with Gasteiger partial charge in [0.15, 0.2) is 0 Å². The molecule has 0 heterocycles. The Morgan fingerprint density at radius 2 is 1.67 bits per heavy atom. The predicted octanol–water partition coefficient (Wildman–Crippen LogP) is 8.16. The van der Waals surface area contributed by atoms with Crippen LogP contribution in [0.25, 0.3) is 11.1 Å². The second-order valence-electron chi connectivity index (χ2n) is 9.32. The van der Waals surface area contributed by atoms with Gasteiger partial charge in [-0.15, -0.1) is 0 Å². The van der Waals surface area contributed by atoms with Gasteiger partial charge >= 0.3 is 0 Å². The van der Waals surface area contributed by atoms with Gasteiger partial charge in [0.1, 0.15) is 11.6 Å². The van der Waals surface area contributed by atoms with Crippen molar-refractivity contribution in [1.29, 1.82) is 0 Å². The van der Waals surface area contributed by atoms with E-state index in [2.05, 4.69) is 25.1 Å². The fourth-order valence-electron chi connectivity index (χ4n) is 5.85. The fraction of sp³-hybridized carbons (Fsp3) is 0.500. The molecule has 2 aliphatic carbocycles. The summed E-state index contributed by atoms with van der Waals surface area (Å²) in [4.78, 5) is 0. The zero-order valence-electron chi connectivity index (χ0n) is 18.4. The average Bonchev–Trinajstić information content (AvgIpc) is 2.79. The molecule has 0 aliphatic heterocycles.